The third-order valence-corrected chi connectivity index (χ3v) is 6.58. The lowest BCUT2D eigenvalue weighted by molar-refractivity contribution is -0.139. The maximum absolute atomic E-state index is 13.5. The topological polar surface area (TPSA) is 105 Å². The molecule has 0 saturated carbocycles. The van der Waals surface area contributed by atoms with Crippen molar-refractivity contribution < 1.29 is 31.9 Å². The van der Waals surface area contributed by atoms with Gasteiger partial charge >= 0.3 is 0 Å². The van der Waals surface area contributed by atoms with Crippen molar-refractivity contribution in [1.29, 1.82) is 0 Å². The molecule has 1 aliphatic heterocycles. The Kier molecular flexibility index (Phi) is 8.21. The molecular formula is C24H30FN3O6S. The van der Waals surface area contributed by atoms with E-state index in [9.17, 15) is 22.4 Å². The second-order valence-electron chi connectivity index (χ2n) is 8.77. The van der Waals surface area contributed by atoms with Gasteiger partial charge in [-0.2, -0.15) is 0 Å². The Morgan fingerprint density at radius 1 is 1.06 bits per heavy atom. The monoisotopic (exact) mass is 507 g/mol. The number of halogens is 1. The van der Waals surface area contributed by atoms with Crippen LogP contribution in [-0.4, -0.2) is 57.3 Å². The normalized spacial score (nSPS) is 13.4. The Morgan fingerprint density at radius 2 is 1.71 bits per heavy atom. The smallest absolute Gasteiger partial charge is 0.244 e. The number of hydrogen-bond acceptors (Lipinski definition) is 6. The van der Waals surface area contributed by atoms with E-state index in [2.05, 4.69) is 5.32 Å². The third kappa shape index (κ3) is 6.84. The van der Waals surface area contributed by atoms with Gasteiger partial charge in [-0.25, -0.2) is 12.8 Å². The summed E-state index contributed by atoms with van der Waals surface area (Å²) in [5, 5.41) is 2.80. The zero-order valence-corrected chi connectivity index (χ0v) is 21.0. The van der Waals surface area contributed by atoms with Crippen LogP contribution >= 0.6 is 0 Å². The van der Waals surface area contributed by atoms with Gasteiger partial charge < -0.3 is 19.7 Å². The molecule has 9 nitrogen and oxygen atoms in total. The summed E-state index contributed by atoms with van der Waals surface area (Å²) < 4.78 is 50.2. The van der Waals surface area contributed by atoms with Crippen LogP contribution in [0.4, 0.5) is 10.1 Å². The number of amides is 2. The molecule has 2 aromatic rings. The highest BCUT2D eigenvalue weighted by Gasteiger charge is 2.30. The fourth-order valence-electron chi connectivity index (χ4n) is 3.48. The van der Waals surface area contributed by atoms with Gasteiger partial charge in [0.25, 0.3) is 0 Å². The number of nitrogens with one attached hydrogen (secondary N) is 1. The minimum atomic E-state index is -3.87. The summed E-state index contributed by atoms with van der Waals surface area (Å²) in [5.41, 5.74) is 0.820. The third-order valence-electron chi connectivity index (χ3n) is 5.44. The molecule has 0 radical (unpaired) electrons. The average molecular weight is 508 g/mol. The van der Waals surface area contributed by atoms with Gasteiger partial charge in [0.1, 0.15) is 18.4 Å². The van der Waals surface area contributed by atoms with Gasteiger partial charge in [0, 0.05) is 19.2 Å². The van der Waals surface area contributed by atoms with Crippen LogP contribution in [-0.2, 0) is 26.2 Å². The molecule has 0 fully saturated rings. The van der Waals surface area contributed by atoms with Crippen molar-refractivity contribution in [3.05, 3.63) is 53.8 Å². The molecule has 0 bridgehead atoms. The SMILES string of the molecule is CC(C)CNC(=O)[C@H](C)N(Cc1ccc(F)cc1)C(=O)CN(c1ccc2c(c1)OCO2)S(C)(=O)=O. The summed E-state index contributed by atoms with van der Waals surface area (Å²) in [4.78, 5) is 27.5. The standard InChI is InChI=1S/C24H30FN3O6S/c1-16(2)12-26-24(30)17(3)27(13-18-5-7-19(25)8-6-18)23(29)14-28(35(4,31)32)20-9-10-21-22(11-20)34-15-33-21/h5-11,16-17H,12-15H2,1-4H3,(H,26,30)/t17-/m0/s1. The second kappa shape index (κ2) is 10.9. The van der Waals surface area contributed by atoms with Gasteiger partial charge in [-0.15, -0.1) is 0 Å². The van der Waals surface area contributed by atoms with Crippen LogP contribution in [0.2, 0.25) is 0 Å². The van der Waals surface area contributed by atoms with E-state index >= 15 is 0 Å². The Balaban J connectivity index is 1.88. The fraction of sp³-hybridized carbons (Fsp3) is 0.417. The van der Waals surface area contributed by atoms with Gasteiger partial charge in [-0.1, -0.05) is 26.0 Å². The van der Waals surface area contributed by atoms with Gasteiger partial charge in [0.15, 0.2) is 11.5 Å². The minimum absolute atomic E-state index is 0.00583. The van der Waals surface area contributed by atoms with Crippen molar-refractivity contribution in [2.24, 2.45) is 5.92 Å². The van der Waals surface area contributed by atoms with E-state index in [1.165, 1.54) is 41.3 Å². The fourth-order valence-corrected chi connectivity index (χ4v) is 4.32. The minimum Gasteiger partial charge on any atom is -0.454 e. The number of nitrogens with zero attached hydrogens (tertiary/aromatic N) is 2. The summed E-state index contributed by atoms with van der Waals surface area (Å²) in [5.74, 6) is -0.345. The van der Waals surface area contributed by atoms with E-state index in [0.29, 0.717) is 23.6 Å². The first-order valence-corrected chi connectivity index (χ1v) is 13.0. The molecule has 0 unspecified atom stereocenters. The number of sulfonamides is 1. The molecule has 2 aromatic carbocycles. The first-order chi connectivity index (χ1) is 16.5. The first-order valence-electron chi connectivity index (χ1n) is 11.1. The molecule has 0 aromatic heterocycles. The first kappa shape index (κ1) is 26.3. The van der Waals surface area contributed by atoms with Crippen LogP contribution in [0, 0.1) is 11.7 Å². The van der Waals surface area contributed by atoms with E-state index in [1.807, 2.05) is 13.8 Å². The van der Waals surface area contributed by atoms with Crippen LogP contribution in [0.1, 0.15) is 26.3 Å². The lowest BCUT2D eigenvalue weighted by atomic mass is 10.1. The van der Waals surface area contributed by atoms with Crippen LogP contribution < -0.4 is 19.1 Å². The number of benzene rings is 2. The molecular weight excluding hydrogens is 477 g/mol. The number of anilines is 1. The predicted octanol–water partition coefficient (Wildman–Crippen LogP) is 2.51. The summed E-state index contributed by atoms with van der Waals surface area (Å²) in [7, 11) is -3.87. The lowest BCUT2D eigenvalue weighted by Crippen LogP contribution is -2.51. The summed E-state index contributed by atoms with van der Waals surface area (Å²) in [6.07, 6.45) is 0.994. The summed E-state index contributed by atoms with van der Waals surface area (Å²) in [6, 6.07) is 9.22. The number of carbonyl (C=O) groups is 2. The molecule has 190 valence electrons. The zero-order valence-electron chi connectivity index (χ0n) is 20.2. The van der Waals surface area contributed by atoms with Crippen LogP contribution in [0.3, 0.4) is 0 Å². The predicted molar refractivity (Wildman–Crippen MR) is 129 cm³/mol. The highest BCUT2D eigenvalue weighted by molar-refractivity contribution is 7.92. The number of rotatable bonds is 10. The van der Waals surface area contributed by atoms with Crippen molar-refractivity contribution in [3.8, 4) is 11.5 Å². The molecule has 1 aliphatic rings. The number of carbonyl (C=O) groups excluding carboxylic acids is 2. The van der Waals surface area contributed by atoms with E-state index in [-0.39, 0.29) is 30.9 Å². The molecule has 3 rings (SSSR count). The number of fused-ring (bicyclic) bond motifs is 1. The van der Waals surface area contributed by atoms with Gasteiger partial charge in [0.2, 0.25) is 28.6 Å². The van der Waals surface area contributed by atoms with Crippen LogP contribution in [0.15, 0.2) is 42.5 Å². The molecule has 2 amide bonds. The van der Waals surface area contributed by atoms with Crippen molar-refractivity contribution >= 4 is 27.5 Å². The van der Waals surface area contributed by atoms with E-state index < -0.39 is 34.3 Å². The summed E-state index contributed by atoms with van der Waals surface area (Å²) >= 11 is 0. The molecule has 0 spiro atoms. The highest BCUT2D eigenvalue weighted by Crippen LogP contribution is 2.36. The molecule has 1 heterocycles. The maximum atomic E-state index is 13.5. The molecule has 1 atom stereocenters. The molecule has 1 N–H and O–H groups in total. The molecule has 0 aliphatic carbocycles. The molecule has 35 heavy (non-hydrogen) atoms. The van der Waals surface area contributed by atoms with Crippen molar-refractivity contribution in [2.45, 2.75) is 33.4 Å². The molecule has 11 heteroatoms. The lowest BCUT2D eigenvalue weighted by Gasteiger charge is -2.31. The largest absolute Gasteiger partial charge is 0.454 e. The number of ether oxygens (including phenoxy) is 2. The quantitative estimate of drug-likeness (QED) is 0.530. The maximum Gasteiger partial charge on any atom is 0.244 e. The zero-order chi connectivity index (χ0) is 25.8. The Hall–Kier alpha value is -3.34. The van der Waals surface area contributed by atoms with Gasteiger partial charge in [-0.05, 0) is 42.7 Å². The number of hydrogen-bond donors (Lipinski definition) is 1. The van der Waals surface area contributed by atoms with Crippen molar-refractivity contribution in [3.63, 3.8) is 0 Å². The van der Waals surface area contributed by atoms with Crippen molar-refractivity contribution in [2.75, 3.05) is 30.4 Å². The Labute approximate surface area is 204 Å². The van der Waals surface area contributed by atoms with Gasteiger partial charge in [-0.3, -0.25) is 13.9 Å². The van der Waals surface area contributed by atoms with Crippen molar-refractivity contribution in [1.82, 2.24) is 10.2 Å². The van der Waals surface area contributed by atoms with Crippen LogP contribution in [0.5, 0.6) is 11.5 Å². The van der Waals surface area contributed by atoms with Crippen LogP contribution in [0.25, 0.3) is 0 Å². The summed E-state index contributed by atoms with van der Waals surface area (Å²) in [6.45, 7) is 5.36. The average Bonchev–Trinajstić information content (AvgIpc) is 3.27. The Morgan fingerprint density at radius 3 is 2.34 bits per heavy atom. The molecule has 0 saturated heterocycles. The van der Waals surface area contributed by atoms with Gasteiger partial charge in [0.05, 0.1) is 11.9 Å². The second-order valence-corrected chi connectivity index (χ2v) is 10.7. The van der Waals surface area contributed by atoms with E-state index in [0.717, 1.165) is 10.6 Å². The van der Waals surface area contributed by atoms with E-state index in [4.69, 9.17) is 9.47 Å². The Bertz CT molecular complexity index is 1170. The van der Waals surface area contributed by atoms with E-state index in [1.54, 1.807) is 13.0 Å². The highest BCUT2D eigenvalue weighted by atomic mass is 32.2.